The smallest absolute Gasteiger partial charge is 0.157 e. The summed E-state index contributed by atoms with van der Waals surface area (Å²) < 4.78 is 10.8. The fourth-order valence-corrected chi connectivity index (χ4v) is 1.46. The van der Waals surface area contributed by atoms with Crippen molar-refractivity contribution in [1.82, 2.24) is 0 Å². The van der Waals surface area contributed by atoms with Gasteiger partial charge in [-0.1, -0.05) is 6.92 Å². The molecule has 0 N–H and O–H groups in total. The third-order valence-corrected chi connectivity index (χ3v) is 2.13. The Morgan fingerprint density at radius 2 is 1.67 bits per heavy atom. The average Bonchev–Trinajstić information content (AvgIpc) is 2.19. The van der Waals surface area contributed by atoms with E-state index in [-0.39, 0.29) is 6.29 Å². The van der Waals surface area contributed by atoms with Crippen molar-refractivity contribution in [3.05, 3.63) is 0 Å². The van der Waals surface area contributed by atoms with Gasteiger partial charge in [-0.05, 0) is 33.1 Å². The number of ketones is 1. The first-order chi connectivity index (χ1) is 7.24. The molecule has 0 unspecified atom stereocenters. The number of hydrogen-bond donors (Lipinski definition) is 0. The summed E-state index contributed by atoms with van der Waals surface area (Å²) >= 11 is 0. The lowest BCUT2D eigenvalue weighted by molar-refractivity contribution is -0.141. The molecular formula is C12H24O3. The maximum Gasteiger partial charge on any atom is 0.157 e. The van der Waals surface area contributed by atoms with E-state index < -0.39 is 0 Å². The first kappa shape index (κ1) is 14.6. The molecule has 0 aliphatic carbocycles. The van der Waals surface area contributed by atoms with Gasteiger partial charge in [-0.25, -0.2) is 0 Å². The van der Waals surface area contributed by atoms with Gasteiger partial charge in [0, 0.05) is 26.1 Å². The van der Waals surface area contributed by atoms with Gasteiger partial charge in [0.15, 0.2) is 6.29 Å². The molecule has 0 aromatic heterocycles. The minimum absolute atomic E-state index is 0.130. The summed E-state index contributed by atoms with van der Waals surface area (Å²) in [7, 11) is 0. The fourth-order valence-electron chi connectivity index (χ4n) is 1.46. The molecule has 0 radical (unpaired) electrons. The zero-order valence-corrected chi connectivity index (χ0v) is 10.3. The van der Waals surface area contributed by atoms with Gasteiger partial charge in [-0.15, -0.1) is 0 Å². The monoisotopic (exact) mass is 216 g/mol. The summed E-state index contributed by atoms with van der Waals surface area (Å²) in [4.78, 5) is 11.3. The second-order valence-corrected chi connectivity index (χ2v) is 3.52. The Kier molecular flexibility index (Phi) is 9.84. The van der Waals surface area contributed by atoms with E-state index in [4.69, 9.17) is 9.47 Å². The maximum absolute atomic E-state index is 11.3. The first-order valence-corrected chi connectivity index (χ1v) is 5.99. The summed E-state index contributed by atoms with van der Waals surface area (Å²) in [6.07, 6.45) is 3.85. The molecule has 3 heteroatoms. The Morgan fingerprint density at radius 3 is 2.13 bits per heavy atom. The molecular weight excluding hydrogens is 192 g/mol. The Balaban J connectivity index is 3.55. The molecule has 0 fully saturated rings. The van der Waals surface area contributed by atoms with Crippen LogP contribution >= 0.6 is 0 Å². The molecule has 0 saturated heterocycles. The van der Waals surface area contributed by atoms with Crippen LogP contribution in [0.4, 0.5) is 0 Å². The summed E-state index contributed by atoms with van der Waals surface area (Å²) in [5.41, 5.74) is 0. The predicted octanol–water partition coefficient (Wildman–Crippen LogP) is 2.93. The van der Waals surface area contributed by atoms with E-state index in [2.05, 4.69) is 0 Å². The summed E-state index contributed by atoms with van der Waals surface area (Å²) in [6, 6.07) is 0. The zero-order valence-electron chi connectivity index (χ0n) is 10.3. The molecule has 0 rings (SSSR count). The molecule has 0 heterocycles. The molecule has 0 aliphatic rings. The summed E-state index contributed by atoms with van der Waals surface area (Å²) in [6.45, 7) is 7.25. The third-order valence-electron chi connectivity index (χ3n) is 2.13. The number of Topliss-reactive ketones (excluding diaryl/α,β-unsaturated/α-hetero) is 1. The molecule has 0 saturated carbocycles. The fraction of sp³-hybridized carbons (Fsp3) is 0.917. The van der Waals surface area contributed by atoms with Gasteiger partial charge in [-0.3, -0.25) is 4.79 Å². The lowest BCUT2D eigenvalue weighted by Crippen LogP contribution is -2.17. The molecule has 0 spiro atoms. The van der Waals surface area contributed by atoms with Crippen LogP contribution < -0.4 is 0 Å². The van der Waals surface area contributed by atoms with Crippen LogP contribution in [-0.2, 0) is 14.3 Å². The van der Waals surface area contributed by atoms with Crippen LogP contribution in [0, 0.1) is 0 Å². The van der Waals surface area contributed by atoms with Crippen LogP contribution in [0.15, 0.2) is 0 Å². The van der Waals surface area contributed by atoms with Crippen molar-refractivity contribution in [3.63, 3.8) is 0 Å². The highest BCUT2D eigenvalue weighted by atomic mass is 16.7. The lowest BCUT2D eigenvalue weighted by Gasteiger charge is -2.16. The second-order valence-electron chi connectivity index (χ2n) is 3.52. The van der Waals surface area contributed by atoms with Crippen molar-refractivity contribution in [1.29, 1.82) is 0 Å². The van der Waals surface area contributed by atoms with Crippen LogP contribution in [0.3, 0.4) is 0 Å². The van der Waals surface area contributed by atoms with E-state index in [0.717, 1.165) is 19.3 Å². The van der Waals surface area contributed by atoms with Crippen molar-refractivity contribution < 1.29 is 14.3 Å². The molecule has 0 atom stereocenters. The molecule has 0 aliphatic heterocycles. The molecule has 0 bridgehead atoms. The van der Waals surface area contributed by atoms with Gasteiger partial charge < -0.3 is 9.47 Å². The highest BCUT2D eigenvalue weighted by Crippen LogP contribution is 2.08. The number of ether oxygens (including phenoxy) is 2. The van der Waals surface area contributed by atoms with E-state index in [1.807, 2.05) is 20.8 Å². The van der Waals surface area contributed by atoms with Crippen LogP contribution in [0.25, 0.3) is 0 Å². The SMILES string of the molecule is CCCC(=O)CCCC(OCC)OCC. The van der Waals surface area contributed by atoms with E-state index in [0.29, 0.717) is 31.8 Å². The van der Waals surface area contributed by atoms with E-state index >= 15 is 0 Å². The molecule has 3 nitrogen and oxygen atoms in total. The average molecular weight is 216 g/mol. The highest BCUT2D eigenvalue weighted by Gasteiger charge is 2.08. The Morgan fingerprint density at radius 1 is 1.07 bits per heavy atom. The van der Waals surface area contributed by atoms with Crippen molar-refractivity contribution >= 4 is 5.78 Å². The molecule has 90 valence electrons. The highest BCUT2D eigenvalue weighted by molar-refractivity contribution is 5.78. The van der Waals surface area contributed by atoms with Gasteiger partial charge in [-0.2, -0.15) is 0 Å². The van der Waals surface area contributed by atoms with E-state index in [1.165, 1.54) is 0 Å². The van der Waals surface area contributed by atoms with E-state index in [9.17, 15) is 4.79 Å². The Hall–Kier alpha value is -0.410. The van der Waals surface area contributed by atoms with Gasteiger partial charge in [0.25, 0.3) is 0 Å². The maximum atomic E-state index is 11.3. The van der Waals surface area contributed by atoms with Gasteiger partial charge in [0.05, 0.1) is 0 Å². The Labute approximate surface area is 93.1 Å². The summed E-state index contributed by atoms with van der Waals surface area (Å²) in [5, 5.41) is 0. The number of carbonyl (C=O) groups excluding carboxylic acids is 1. The van der Waals surface area contributed by atoms with Gasteiger partial charge in [0.2, 0.25) is 0 Å². The van der Waals surface area contributed by atoms with Gasteiger partial charge >= 0.3 is 0 Å². The third kappa shape index (κ3) is 8.58. The van der Waals surface area contributed by atoms with Crippen LogP contribution in [0.5, 0.6) is 0 Å². The van der Waals surface area contributed by atoms with Crippen molar-refractivity contribution in [2.75, 3.05) is 13.2 Å². The number of rotatable bonds is 10. The van der Waals surface area contributed by atoms with Crippen molar-refractivity contribution in [3.8, 4) is 0 Å². The van der Waals surface area contributed by atoms with Crippen LogP contribution in [0.1, 0.15) is 52.9 Å². The number of carbonyl (C=O) groups is 1. The zero-order chi connectivity index (χ0) is 11.5. The van der Waals surface area contributed by atoms with Gasteiger partial charge in [0.1, 0.15) is 5.78 Å². The van der Waals surface area contributed by atoms with E-state index in [1.54, 1.807) is 0 Å². The topological polar surface area (TPSA) is 35.5 Å². The second kappa shape index (κ2) is 10.1. The van der Waals surface area contributed by atoms with Crippen molar-refractivity contribution in [2.45, 2.75) is 59.2 Å². The first-order valence-electron chi connectivity index (χ1n) is 5.99. The Bertz CT molecular complexity index is 151. The normalized spacial score (nSPS) is 10.9. The minimum atomic E-state index is -0.130. The number of hydrogen-bond acceptors (Lipinski definition) is 3. The predicted molar refractivity (Wildman–Crippen MR) is 60.8 cm³/mol. The minimum Gasteiger partial charge on any atom is -0.353 e. The largest absolute Gasteiger partial charge is 0.353 e. The molecule has 0 aromatic rings. The summed E-state index contributed by atoms with van der Waals surface area (Å²) in [5.74, 6) is 0.351. The molecule has 0 aromatic carbocycles. The van der Waals surface area contributed by atoms with Crippen LogP contribution in [-0.4, -0.2) is 25.3 Å². The quantitative estimate of drug-likeness (QED) is 0.527. The standard InChI is InChI=1S/C12H24O3/c1-4-8-11(13)9-7-10-12(14-5-2)15-6-3/h12H,4-10H2,1-3H3. The van der Waals surface area contributed by atoms with Crippen molar-refractivity contribution in [2.24, 2.45) is 0 Å². The lowest BCUT2D eigenvalue weighted by atomic mass is 10.1. The molecule has 0 amide bonds. The molecule has 15 heavy (non-hydrogen) atoms. The van der Waals surface area contributed by atoms with Crippen LogP contribution in [0.2, 0.25) is 0 Å².